The topological polar surface area (TPSA) is 50.1 Å². The highest BCUT2D eigenvalue weighted by molar-refractivity contribution is 5.59. The van der Waals surface area contributed by atoms with Gasteiger partial charge in [0.25, 0.3) is 0 Å². The summed E-state index contributed by atoms with van der Waals surface area (Å²) in [6.07, 6.45) is 1.77. The van der Waals surface area contributed by atoms with Crippen LogP contribution in [0, 0.1) is 13.8 Å². The Bertz CT molecular complexity index is 531. The van der Waals surface area contributed by atoms with Crippen LogP contribution in [0.5, 0.6) is 5.75 Å². The van der Waals surface area contributed by atoms with Crippen LogP contribution in [-0.2, 0) is 13.6 Å². The van der Waals surface area contributed by atoms with Crippen molar-refractivity contribution in [3.8, 4) is 5.75 Å². The second kappa shape index (κ2) is 4.49. The van der Waals surface area contributed by atoms with E-state index in [2.05, 4.69) is 10.4 Å². The van der Waals surface area contributed by atoms with Gasteiger partial charge < -0.3 is 10.4 Å². The fourth-order valence-corrected chi connectivity index (χ4v) is 1.79. The summed E-state index contributed by atoms with van der Waals surface area (Å²) in [5, 5.41) is 17.3. The lowest BCUT2D eigenvalue weighted by Gasteiger charge is -2.12. The summed E-state index contributed by atoms with van der Waals surface area (Å²) in [7, 11) is 1.91. The van der Waals surface area contributed by atoms with E-state index in [1.165, 1.54) is 0 Å². The van der Waals surface area contributed by atoms with Crippen molar-refractivity contribution in [2.75, 3.05) is 5.32 Å². The van der Waals surface area contributed by atoms with Crippen LogP contribution in [0.25, 0.3) is 0 Å². The molecular formula is C13H17N3O. The van der Waals surface area contributed by atoms with E-state index in [0.29, 0.717) is 12.3 Å². The van der Waals surface area contributed by atoms with E-state index in [4.69, 9.17) is 0 Å². The van der Waals surface area contributed by atoms with Crippen molar-refractivity contribution in [3.05, 3.63) is 41.2 Å². The molecule has 90 valence electrons. The standard InChI is InChI=1S/C13H17N3O/c1-9-4-5-12(10(2)13(9)17)14-8-11-6-7-15-16(11)3/h4-7,14,17H,8H2,1-3H3. The van der Waals surface area contributed by atoms with E-state index in [0.717, 1.165) is 22.5 Å². The van der Waals surface area contributed by atoms with Gasteiger partial charge in [-0.25, -0.2) is 0 Å². The molecule has 0 bridgehead atoms. The van der Waals surface area contributed by atoms with Gasteiger partial charge in [0.1, 0.15) is 5.75 Å². The molecule has 2 N–H and O–H groups in total. The summed E-state index contributed by atoms with van der Waals surface area (Å²) in [4.78, 5) is 0. The molecule has 0 spiro atoms. The normalized spacial score (nSPS) is 10.5. The first-order valence-electron chi connectivity index (χ1n) is 5.59. The molecule has 1 aromatic heterocycles. The number of aromatic nitrogens is 2. The first kappa shape index (κ1) is 11.5. The first-order valence-corrected chi connectivity index (χ1v) is 5.59. The van der Waals surface area contributed by atoms with Crippen molar-refractivity contribution >= 4 is 5.69 Å². The van der Waals surface area contributed by atoms with Crippen LogP contribution in [0.3, 0.4) is 0 Å². The molecule has 1 aromatic carbocycles. The Kier molecular flexibility index (Phi) is 3.04. The van der Waals surface area contributed by atoms with Crippen LogP contribution in [0.15, 0.2) is 24.4 Å². The number of aromatic hydroxyl groups is 1. The average Bonchev–Trinajstić information content (AvgIpc) is 2.71. The summed E-state index contributed by atoms with van der Waals surface area (Å²) < 4.78 is 1.83. The summed E-state index contributed by atoms with van der Waals surface area (Å²) >= 11 is 0. The number of nitrogens with one attached hydrogen (secondary N) is 1. The van der Waals surface area contributed by atoms with Gasteiger partial charge in [-0.1, -0.05) is 6.07 Å². The van der Waals surface area contributed by atoms with Gasteiger partial charge in [-0.3, -0.25) is 4.68 Å². The molecule has 0 saturated carbocycles. The first-order chi connectivity index (χ1) is 8.09. The third-order valence-corrected chi connectivity index (χ3v) is 3.02. The van der Waals surface area contributed by atoms with Gasteiger partial charge in [-0.15, -0.1) is 0 Å². The molecule has 2 aromatic rings. The fraction of sp³-hybridized carbons (Fsp3) is 0.308. The number of aryl methyl sites for hydroxylation is 2. The van der Waals surface area contributed by atoms with Crippen molar-refractivity contribution < 1.29 is 5.11 Å². The molecule has 2 rings (SSSR count). The molecule has 0 saturated heterocycles. The average molecular weight is 231 g/mol. The number of hydrogen-bond acceptors (Lipinski definition) is 3. The van der Waals surface area contributed by atoms with Gasteiger partial charge in [0.05, 0.1) is 12.2 Å². The number of nitrogens with zero attached hydrogens (tertiary/aromatic N) is 2. The zero-order valence-electron chi connectivity index (χ0n) is 10.4. The number of benzene rings is 1. The van der Waals surface area contributed by atoms with E-state index in [9.17, 15) is 5.11 Å². The predicted molar refractivity (Wildman–Crippen MR) is 68.1 cm³/mol. The van der Waals surface area contributed by atoms with Gasteiger partial charge in [0.2, 0.25) is 0 Å². The Morgan fingerprint density at radius 3 is 2.71 bits per heavy atom. The lowest BCUT2D eigenvalue weighted by Crippen LogP contribution is -2.06. The van der Waals surface area contributed by atoms with E-state index in [-0.39, 0.29) is 0 Å². The van der Waals surface area contributed by atoms with Crippen LogP contribution in [0.4, 0.5) is 5.69 Å². The van der Waals surface area contributed by atoms with Gasteiger partial charge in [0.15, 0.2) is 0 Å². The minimum Gasteiger partial charge on any atom is -0.507 e. The van der Waals surface area contributed by atoms with Crippen LogP contribution in [-0.4, -0.2) is 14.9 Å². The van der Waals surface area contributed by atoms with E-state index >= 15 is 0 Å². The minimum absolute atomic E-state index is 0.361. The Hall–Kier alpha value is -1.97. The Balaban J connectivity index is 2.15. The van der Waals surface area contributed by atoms with Crippen molar-refractivity contribution in [2.45, 2.75) is 20.4 Å². The maximum Gasteiger partial charge on any atom is 0.123 e. The van der Waals surface area contributed by atoms with Crippen LogP contribution in [0.1, 0.15) is 16.8 Å². The molecule has 4 heteroatoms. The number of hydrogen-bond donors (Lipinski definition) is 2. The van der Waals surface area contributed by atoms with Crippen LogP contribution in [0.2, 0.25) is 0 Å². The second-order valence-electron chi connectivity index (χ2n) is 4.20. The molecule has 4 nitrogen and oxygen atoms in total. The highest BCUT2D eigenvalue weighted by atomic mass is 16.3. The number of phenols is 1. The minimum atomic E-state index is 0.361. The molecule has 0 aliphatic carbocycles. The Morgan fingerprint density at radius 2 is 2.06 bits per heavy atom. The van der Waals surface area contributed by atoms with Crippen molar-refractivity contribution in [3.63, 3.8) is 0 Å². The number of anilines is 1. The number of phenolic OH excluding ortho intramolecular Hbond substituents is 1. The Morgan fingerprint density at radius 1 is 1.29 bits per heavy atom. The molecule has 0 unspecified atom stereocenters. The SMILES string of the molecule is Cc1ccc(NCc2ccnn2C)c(C)c1O. The molecule has 17 heavy (non-hydrogen) atoms. The maximum atomic E-state index is 9.84. The molecule has 0 amide bonds. The monoisotopic (exact) mass is 231 g/mol. The van der Waals surface area contributed by atoms with Crippen molar-refractivity contribution in [2.24, 2.45) is 7.05 Å². The highest BCUT2D eigenvalue weighted by Crippen LogP contribution is 2.28. The summed E-state index contributed by atoms with van der Waals surface area (Å²) in [5.41, 5.74) is 3.83. The van der Waals surface area contributed by atoms with Gasteiger partial charge >= 0.3 is 0 Å². The zero-order valence-corrected chi connectivity index (χ0v) is 10.4. The third-order valence-electron chi connectivity index (χ3n) is 3.02. The summed E-state index contributed by atoms with van der Waals surface area (Å²) in [6.45, 7) is 4.50. The van der Waals surface area contributed by atoms with Gasteiger partial charge in [0, 0.05) is 24.5 Å². The van der Waals surface area contributed by atoms with E-state index in [1.54, 1.807) is 6.20 Å². The molecule has 0 radical (unpaired) electrons. The van der Waals surface area contributed by atoms with Crippen molar-refractivity contribution in [1.82, 2.24) is 9.78 Å². The molecule has 0 atom stereocenters. The molecule has 1 heterocycles. The largest absolute Gasteiger partial charge is 0.507 e. The van der Waals surface area contributed by atoms with Crippen LogP contribution >= 0.6 is 0 Å². The number of rotatable bonds is 3. The van der Waals surface area contributed by atoms with E-state index < -0.39 is 0 Å². The molecule has 0 aliphatic heterocycles. The quantitative estimate of drug-likeness (QED) is 0.852. The smallest absolute Gasteiger partial charge is 0.123 e. The van der Waals surface area contributed by atoms with Gasteiger partial charge in [-0.2, -0.15) is 5.10 Å². The summed E-state index contributed by atoms with van der Waals surface area (Å²) in [5.74, 6) is 0.361. The third kappa shape index (κ3) is 2.25. The zero-order chi connectivity index (χ0) is 12.4. The molecular weight excluding hydrogens is 214 g/mol. The lowest BCUT2D eigenvalue weighted by molar-refractivity contribution is 0.467. The second-order valence-corrected chi connectivity index (χ2v) is 4.20. The van der Waals surface area contributed by atoms with E-state index in [1.807, 2.05) is 43.8 Å². The Labute approximate surface area is 101 Å². The summed E-state index contributed by atoms with van der Waals surface area (Å²) in [6, 6.07) is 5.87. The fourth-order valence-electron chi connectivity index (χ4n) is 1.79. The van der Waals surface area contributed by atoms with Gasteiger partial charge in [-0.05, 0) is 31.5 Å². The van der Waals surface area contributed by atoms with Crippen molar-refractivity contribution in [1.29, 1.82) is 0 Å². The predicted octanol–water partition coefficient (Wildman–Crippen LogP) is 2.35. The molecule has 0 fully saturated rings. The molecule has 0 aliphatic rings. The van der Waals surface area contributed by atoms with Crippen LogP contribution < -0.4 is 5.32 Å². The maximum absolute atomic E-state index is 9.84. The lowest BCUT2D eigenvalue weighted by atomic mass is 10.1. The highest BCUT2D eigenvalue weighted by Gasteiger charge is 2.06.